The molecule has 0 fully saturated rings. The van der Waals surface area contributed by atoms with Crippen molar-refractivity contribution in [3.05, 3.63) is 87.9 Å². The summed E-state index contributed by atoms with van der Waals surface area (Å²) < 4.78 is 34.0. The van der Waals surface area contributed by atoms with Crippen LogP contribution in [0.15, 0.2) is 71.6 Å². The van der Waals surface area contributed by atoms with Crippen molar-refractivity contribution in [1.82, 2.24) is 10.2 Å². The Balaban J connectivity index is 2.06. The van der Waals surface area contributed by atoms with Gasteiger partial charge in [0.15, 0.2) is 0 Å². The van der Waals surface area contributed by atoms with Crippen LogP contribution >= 0.6 is 23.2 Å². The summed E-state index contributed by atoms with van der Waals surface area (Å²) in [5.74, 6) is -0.335. The molecule has 0 aromatic heterocycles. The van der Waals surface area contributed by atoms with Crippen LogP contribution < -0.4 is 14.4 Å². The first-order chi connectivity index (χ1) is 18.8. The highest BCUT2D eigenvalue weighted by molar-refractivity contribution is 7.92. The molecule has 40 heavy (non-hydrogen) atoms. The largest absolute Gasteiger partial charge is 0.497 e. The minimum atomic E-state index is -4.26. The molecule has 0 aliphatic rings. The van der Waals surface area contributed by atoms with Crippen molar-refractivity contribution < 1.29 is 22.7 Å². The molecular formula is C29H33Cl2N3O5S. The fourth-order valence-electron chi connectivity index (χ4n) is 3.95. The van der Waals surface area contributed by atoms with Gasteiger partial charge in [-0.15, -0.1) is 0 Å². The maximum Gasteiger partial charge on any atom is 0.264 e. The van der Waals surface area contributed by atoms with Gasteiger partial charge in [-0.25, -0.2) is 8.42 Å². The Morgan fingerprint density at radius 1 is 0.950 bits per heavy atom. The molecule has 0 heterocycles. The molecule has 8 nitrogen and oxygen atoms in total. The minimum Gasteiger partial charge on any atom is -0.497 e. The molecule has 0 aliphatic heterocycles. The van der Waals surface area contributed by atoms with Crippen molar-refractivity contribution in [2.45, 2.75) is 51.2 Å². The molecule has 2 amide bonds. The van der Waals surface area contributed by atoms with Gasteiger partial charge in [0.2, 0.25) is 11.8 Å². The van der Waals surface area contributed by atoms with Gasteiger partial charge < -0.3 is 15.0 Å². The average Bonchev–Trinajstić information content (AvgIpc) is 2.91. The Kier molecular flexibility index (Phi) is 10.5. The van der Waals surface area contributed by atoms with Gasteiger partial charge in [0, 0.05) is 12.6 Å². The Labute approximate surface area is 245 Å². The van der Waals surface area contributed by atoms with Gasteiger partial charge in [0.25, 0.3) is 10.0 Å². The number of nitrogens with one attached hydrogen (secondary N) is 1. The molecule has 0 bridgehead atoms. The number of hydrogen-bond acceptors (Lipinski definition) is 5. The van der Waals surface area contributed by atoms with E-state index in [2.05, 4.69) is 5.32 Å². The van der Waals surface area contributed by atoms with Crippen LogP contribution in [0.5, 0.6) is 5.75 Å². The number of amides is 2. The number of rotatable bonds is 11. The molecule has 1 unspecified atom stereocenters. The van der Waals surface area contributed by atoms with E-state index in [1.807, 2.05) is 20.8 Å². The van der Waals surface area contributed by atoms with E-state index in [0.29, 0.717) is 5.75 Å². The lowest BCUT2D eigenvalue weighted by molar-refractivity contribution is -0.139. The van der Waals surface area contributed by atoms with E-state index >= 15 is 0 Å². The molecule has 0 saturated heterocycles. The Hall–Kier alpha value is -3.27. The van der Waals surface area contributed by atoms with E-state index in [4.69, 9.17) is 27.9 Å². The fourth-order valence-corrected chi connectivity index (χ4v) is 5.82. The Bertz CT molecular complexity index is 1450. The number of methoxy groups -OCH3 is 1. The lowest BCUT2D eigenvalue weighted by Crippen LogP contribution is -2.52. The molecule has 0 aliphatic carbocycles. The van der Waals surface area contributed by atoms with E-state index in [9.17, 15) is 18.0 Å². The number of hydrogen-bond donors (Lipinski definition) is 1. The summed E-state index contributed by atoms with van der Waals surface area (Å²) in [6.07, 6.45) is 0. The van der Waals surface area contributed by atoms with Gasteiger partial charge >= 0.3 is 0 Å². The maximum absolute atomic E-state index is 14.0. The monoisotopic (exact) mass is 605 g/mol. The van der Waals surface area contributed by atoms with E-state index < -0.39 is 28.5 Å². The van der Waals surface area contributed by atoms with Crippen LogP contribution in [-0.4, -0.2) is 50.9 Å². The van der Waals surface area contributed by atoms with Crippen LogP contribution in [0.1, 0.15) is 31.9 Å². The van der Waals surface area contributed by atoms with Crippen molar-refractivity contribution in [1.29, 1.82) is 0 Å². The summed E-state index contributed by atoms with van der Waals surface area (Å²) in [6, 6.07) is 16.8. The summed E-state index contributed by atoms with van der Waals surface area (Å²) in [5.41, 5.74) is 1.65. The lowest BCUT2D eigenvalue weighted by Gasteiger charge is -2.32. The maximum atomic E-state index is 14.0. The van der Waals surface area contributed by atoms with Gasteiger partial charge in [-0.2, -0.15) is 0 Å². The third-order valence-electron chi connectivity index (χ3n) is 6.20. The average molecular weight is 607 g/mol. The van der Waals surface area contributed by atoms with Crippen molar-refractivity contribution in [2.24, 2.45) is 0 Å². The molecular weight excluding hydrogens is 573 g/mol. The summed E-state index contributed by atoms with van der Waals surface area (Å²) >= 11 is 12.7. The number of nitrogens with zero attached hydrogens (tertiary/aromatic N) is 2. The Morgan fingerprint density at radius 3 is 2.15 bits per heavy atom. The van der Waals surface area contributed by atoms with Gasteiger partial charge in [0.05, 0.1) is 27.7 Å². The van der Waals surface area contributed by atoms with E-state index in [1.165, 1.54) is 29.2 Å². The standard InChI is InChI=1S/C29H33Cl2N3O5S/c1-19(2)32-29(36)21(4)33(17-22-11-13-23(39-5)14-12-22)27(35)18-34(26-8-6-7-25(30)28(26)31)40(37,38)24-15-9-20(3)10-16-24/h6-16,19,21H,17-18H2,1-5H3,(H,32,36). The predicted molar refractivity (Wildman–Crippen MR) is 158 cm³/mol. The quantitative estimate of drug-likeness (QED) is 0.313. The first-order valence-electron chi connectivity index (χ1n) is 12.6. The van der Waals surface area contributed by atoms with Gasteiger partial charge in [-0.1, -0.05) is 59.1 Å². The van der Waals surface area contributed by atoms with Gasteiger partial charge in [-0.3, -0.25) is 13.9 Å². The lowest BCUT2D eigenvalue weighted by atomic mass is 10.1. The smallest absolute Gasteiger partial charge is 0.264 e. The predicted octanol–water partition coefficient (Wildman–Crippen LogP) is 5.45. The molecule has 1 N–H and O–H groups in total. The minimum absolute atomic E-state index is 0.0139. The molecule has 1 atom stereocenters. The second kappa shape index (κ2) is 13.4. The van der Waals surface area contributed by atoms with E-state index in [0.717, 1.165) is 15.4 Å². The summed E-state index contributed by atoms with van der Waals surface area (Å²) in [4.78, 5) is 28.3. The SMILES string of the molecule is COc1ccc(CN(C(=O)CN(c2cccc(Cl)c2Cl)S(=O)(=O)c2ccc(C)cc2)C(C)C(=O)NC(C)C)cc1. The van der Waals surface area contributed by atoms with Gasteiger partial charge in [-0.05, 0) is 69.7 Å². The van der Waals surface area contributed by atoms with Crippen molar-refractivity contribution in [3.8, 4) is 5.75 Å². The normalized spacial score (nSPS) is 12.1. The highest BCUT2D eigenvalue weighted by atomic mass is 35.5. The highest BCUT2D eigenvalue weighted by Crippen LogP contribution is 2.35. The van der Waals surface area contributed by atoms with Gasteiger partial charge in [0.1, 0.15) is 18.3 Å². The molecule has 3 rings (SSSR count). The van der Waals surface area contributed by atoms with Crippen LogP contribution in [0.3, 0.4) is 0 Å². The van der Waals surface area contributed by atoms with Crippen molar-refractivity contribution >= 4 is 50.7 Å². The zero-order valence-corrected chi connectivity index (χ0v) is 25.3. The number of aryl methyl sites for hydroxylation is 1. The Morgan fingerprint density at radius 2 is 1.57 bits per heavy atom. The zero-order valence-electron chi connectivity index (χ0n) is 23.0. The van der Waals surface area contributed by atoms with E-state index in [1.54, 1.807) is 56.5 Å². The molecule has 11 heteroatoms. The first-order valence-corrected chi connectivity index (χ1v) is 14.8. The molecule has 0 saturated carbocycles. The fraction of sp³-hybridized carbons (Fsp3) is 0.310. The summed E-state index contributed by atoms with van der Waals surface area (Å²) in [5, 5.41) is 2.94. The van der Waals surface area contributed by atoms with Crippen molar-refractivity contribution in [3.63, 3.8) is 0 Å². The van der Waals surface area contributed by atoms with E-state index in [-0.39, 0.29) is 39.1 Å². The molecule has 0 spiro atoms. The number of carbonyl (C=O) groups is 2. The second-order valence-electron chi connectivity index (χ2n) is 9.61. The third kappa shape index (κ3) is 7.47. The van der Waals surface area contributed by atoms with Crippen LogP contribution in [0.25, 0.3) is 0 Å². The second-order valence-corrected chi connectivity index (χ2v) is 12.3. The van der Waals surface area contributed by atoms with Crippen LogP contribution in [0.2, 0.25) is 10.0 Å². The molecule has 3 aromatic rings. The summed E-state index contributed by atoms with van der Waals surface area (Å²) in [7, 11) is -2.71. The molecule has 0 radical (unpaired) electrons. The summed E-state index contributed by atoms with van der Waals surface area (Å²) in [6.45, 7) is 6.51. The number of anilines is 1. The molecule has 214 valence electrons. The highest BCUT2D eigenvalue weighted by Gasteiger charge is 2.33. The van der Waals surface area contributed by atoms with Crippen LogP contribution in [-0.2, 0) is 26.2 Å². The number of halogens is 2. The van der Waals surface area contributed by atoms with Crippen LogP contribution in [0, 0.1) is 6.92 Å². The first kappa shape index (κ1) is 31.3. The number of ether oxygens (including phenoxy) is 1. The number of sulfonamides is 1. The van der Waals surface area contributed by atoms with Crippen molar-refractivity contribution in [2.75, 3.05) is 18.0 Å². The zero-order chi connectivity index (χ0) is 29.6. The number of benzene rings is 3. The third-order valence-corrected chi connectivity index (χ3v) is 8.78. The number of carbonyl (C=O) groups excluding carboxylic acids is 2. The topological polar surface area (TPSA) is 96.0 Å². The molecule has 3 aromatic carbocycles. The van der Waals surface area contributed by atoms with Crippen LogP contribution in [0.4, 0.5) is 5.69 Å².